The fraction of sp³-hybridized carbons (Fsp3) is 1.00. The molecule has 1 atom stereocenters. The average molecular weight is 169 g/mol. The molecule has 0 aromatic carbocycles. The van der Waals surface area contributed by atoms with Crippen molar-refractivity contribution in [2.45, 2.75) is 38.0 Å². The maximum absolute atomic E-state index is 2.63. The van der Waals surface area contributed by atoms with E-state index >= 15 is 0 Å². The summed E-state index contributed by atoms with van der Waals surface area (Å²) in [6, 6.07) is 5.83. The Hall–Kier alpha value is 0.177. The molecule has 0 amide bonds. The average Bonchev–Trinajstić information content (AvgIpc) is 2.54. The standard InChI is InChI=1S/C9H19NSi/c1-8(2)9-6-11(4-5-11)7-10(9)3/h8-9H,4-7H2,1-3H3/t9-/m1/s1. The molecule has 0 bridgehead atoms. The van der Waals surface area contributed by atoms with Gasteiger partial charge in [-0.1, -0.05) is 25.9 Å². The molecule has 2 heteroatoms. The highest BCUT2D eigenvalue weighted by atomic mass is 28.3. The summed E-state index contributed by atoms with van der Waals surface area (Å²) in [5.41, 5.74) is 0. The van der Waals surface area contributed by atoms with Gasteiger partial charge >= 0.3 is 0 Å². The van der Waals surface area contributed by atoms with Crippen LogP contribution in [0.1, 0.15) is 13.8 Å². The van der Waals surface area contributed by atoms with E-state index in [9.17, 15) is 0 Å². The van der Waals surface area contributed by atoms with Crippen molar-refractivity contribution in [2.24, 2.45) is 5.92 Å². The summed E-state index contributed by atoms with van der Waals surface area (Å²) in [4.78, 5) is 2.63. The molecule has 2 aliphatic heterocycles. The zero-order chi connectivity index (χ0) is 8.06. The topological polar surface area (TPSA) is 3.24 Å². The first kappa shape index (κ1) is 7.81. The zero-order valence-electron chi connectivity index (χ0n) is 7.93. The lowest BCUT2D eigenvalue weighted by Crippen LogP contribution is -2.29. The third-order valence-corrected chi connectivity index (χ3v) is 7.89. The fourth-order valence-electron chi connectivity index (χ4n) is 2.59. The summed E-state index contributed by atoms with van der Waals surface area (Å²) in [6.45, 7) is 4.74. The second-order valence-electron chi connectivity index (χ2n) is 4.93. The van der Waals surface area contributed by atoms with Crippen LogP contribution < -0.4 is 0 Å². The van der Waals surface area contributed by atoms with E-state index < -0.39 is 8.07 Å². The van der Waals surface area contributed by atoms with Gasteiger partial charge in [-0.25, -0.2) is 0 Å². The second kappa shape index (κ2) is 2.33. The Kier molecular flexibility index (Phi) is 1.65. The number of nitrogens with zero attached hydrogens (tertiary/aromatic N) is 1. The Morgan fingerprint density at radius 3 is 2.27 bits per heavy atom. The number of hydrogen-bond donors (Lipinski definition) is 0. The molecule has 0 N–H and O–H groups in total. The van der Waals surface area contributed by atoms with Gasteiger partial charge in [0.1, 0.15) is 0 Å². The molecular formula is C9H19NSi. The minimum absolute atomic E-state index is 0.553. The first-order valence-corrected chi connectivity index (χ1v) is 7.66. The minimum atomic E-state index is -0.553. The van der Waals surface area contributed by atoms with Crippen LogP contribution in [0.15, 0.2) is 0 Å². The highest BCUT2D eigenvalue weighted by Crippen LogP contribution is 2.47. The Labute approximate surface area is 70.8 Å². The largest absolute Gasteiger partial charge is 0.306 e. The molecule has 2 saturated heterocycles. The zero-order valence-corrected chi connectivity index (χ0v) is 8.93. The Morgan fingerprint density at radius 1 is 1.36 bits per heavy atom. The smallest absolute Gasteiger partial charge is 0.0700 e. The molecule has 2 fully saturated rings. The molecular weight excluding hydrogens is 150 g/mol. The third kappa shape index (κ3) is 1.27. The van der Waals surface area contributed by atoms with Crippen molar-refractivity contribution in [1.29, 1.82) is 0 Å². The van der Waals surface area contributed by atoms with Crippen LogP contribution in [0.25, 0.3) is 0 Å². The molecule has 64 valence electrons. The summed E-state index contributed by atoms with van der Waals surface area (Å²) in [7, 11) is 1.77. The van der Waals surface area contributed by atoms with E-state index in [4.69, 9.17) is 0 Å². The Bertz CT molecular complexity index is 163. The molecule has 2 rings (SSSR count). The third-order valence-electron chi connectivity index (χ3n) is 3.52. The van der Waals surface area contributed by atoms with Crippen LogP contribution in [-0.4, -0.2) is 32.2 Å². The predicted molar refractivity (Wildman–Crippen MR) is 51.4 cm³/mol. The maximum atomic E-state index is 2.63. The van der Waals surface area contributed by atoms with Gasteiger partial charge in [-0.05, 0) is 25.2 Å². The van der Waals surface area contributed by atoms with Gasteiger partial charge in [0.25, 0.3) is 0 Å². The summed E-state index contributed by atoms with van der Waals surface area (Å²) in [6.07, 6.45) is 1.51. The fourth-order valence-corrected chi connectivity index (χ4v) is 7.82. The van der Waals surface area contributed by atoms with Crippen LogP contribution in [0.2, 0.25) is 18.1 Å². The number of hydrogen-bond acceptors (Lipinski definition) is 1. The Morgan fingerprint density at radius 2 is 2.00 bits per heavy atom. The van der Waals surface area contributed by atoms with E-state index in [1.165, 1.54) is 6.17 Å². The van der Waals surface area contributed by atoms with E-state index in [2.05, 4.69) is 25.8 Å². The molecule has 2 aliphatic rings. The van der Waals surface area contributed by atoms with Gasteiger partial charge in [0.15, 0.2) is 0 Å². The lowest BCUT2D eigenvalue weighted by molar-refractivity contribution is 0.259. The van der Waals surface area contributed by atoms with Gasteiger partial charge < -0.3 is 4.90 Å². The van der Waals surface area contributed by atoms with Crippen LogP contribution in [0, 0.1) is 5.92 Å². The van der Waals surface area contributed by atoms with E-state index in [-0.39, 0.29) is 0 Å². The van der Waals surface area contributed by atoms with Crippen LogP contribution in [-0.2, 0) is 0 Å². The molecule has 0 aliphatic carbocycles. The van der Waals surface area contributed by atoms with E-state index in [0.29, 0.717) is 0 Å². The second-order valence-corrected chi connectivity index (χ2v) is 9.66. The summed E-state index contributed by atoms with van der Waals surface area (Å²) in [5.74, 6) is 0.882. The summed E-state index contributed by atoms with van der Waals surface area (Å²) < 4.78 is 0. The van der Waals surface area contributed by atoms with Crippen molar-refractivity contribution in [1.82, 2.24) is 4.90 Å². The molecule has 0 aromatic rings. The van der Waals surface area contributed by atoms with Crippen LogP contribution in [0.3, 0.4) is 0 Å². The normalized spacial score (nSPS) is 35.5. The van der Waals surface area contributed by atoms with Crippen LogP contribution in [0.5, 0.6) is 0 Å². The minimum Gasteiger partial charge on any atom is -0.306 e. The molecule has 0 aromatic heterocycles. The number of rotatable bonds is 1. The van der Waals surface area contributed by atoms with Gasteiger partial charge in [0.2, 0.25) is 0 Å². The van der Waals surface area contributed by atoms with Crippen molar-refractivity contribution in [2.75, 3.05) is 13.2 Å². The lowest BCUT2D eigenvalue weighted by atomic mass is 10.1. The summed E-state index contributed by atoms with van der Waals surface area (Å²) in [5, 5.41) is 0. The quantitative estimate of drug-likeness (QED) is 0.542. The van der Waals surface area contributed by atoms with E-state index in [1.54, 1.807) is 18.1 Å². The van der Waals surface area contributed by atoms with Crippen molar-refractivity contribution < 1.29 is 0 Å². The Balaban J connectivity index is 2.02. The van der Waals surface area contributed by atoms with E-state index in [1.807, 2.05) is 0 Å². The van der Waals surface area contributed by atoms with Crippen molar-refractivity contribution in [3.05, 3.63) is 0 Å². The SMILES string of the molecule is CC(C)[C@H]1C[Si]2(CC2)CN1C. The van der Waals surface area contributed by atoms with Crippen molar-refractivity contribution in [3.63, 3.8) is 0 Å². The van der Waals surface area contributed by atoms with Gasteiger partial charge in [0, 0.05) is 6.04 Å². The molecule has 1 nitrogen and oxygen atoms in total. The highest BCUT2D eigenvalue weighted by Gasteiger charge is 2.53. The molecule has 11 heavy (non-hydrogen) atoms. The predicted octanol–water partition coefficient (Wildman–Crippen LogP) is 1.96. The van der Waals surface area contributed by atoms with Crippen molar-refractivity contribution >= 4 is 8.07 Å². The van der Waals surface area contributed by atoms with Gasteiger partial charge in [-0.3, -0.25) is 0 Å². The summed E-state index contributed by atoms with van der Waals surface area (Å²) >= 11 is 0. The van der Waals surface area contributed by atoms with Gasteiger partial charge in [-0.15, -0.1) is 0 Å². The van der Waals surface area contributed by atoms with Crippen LogP contribution in [0.4, 0.5) is 0 Å². The first-order chi connectivity index (χ1) is 5.13. The van der Waals surface area contributed by atoms with Gasteiger partial charge in [-0.2, -0.15) is 0 Å². The molecule has 0 radical (unpaired) electrons. The van der Waals surface area contributed by atoms with E-state index in [0.717, 1.165) is 12.0 Å². The highest BCUT2D eigenvalue weighted by molar-refractivity contribution is 6.90. The molecule has 2 heterocycles. The van der Waals surface area contributed by atoms with Crippen LogP contribution >= 0.6 is 0 Å². The van der Waals surface area contributed by atoms with Crippen molar-refractivity contribution in [3.8, 4) is 0 Å². The molecule has 0 unspecified atom stereocenters. The first-order valence-electron chi connectivity index (χ1n) is 4.83. The molecule has 0 saturated carbocycles. The lowest BCUT2D eigenvalue weighted by Gasteiger charge is -2.22. The van der Waals surface area contributed by atoms with Gasteiger partial charge in [0.05, 0.1) is 8.07 Å². The maximum Gasteiger partial charge on any atom is 0.0700 e. The monoisotopic (exact) mass is 169 g/mol. The molecule has 1 spiro atoms.